The van der Waals surface area contributed by atoms with E-state index >= 15 is 0 Å². The molecule has 0 aliphatic heterocycles. The van der Waals surface area contributed by atoms with Gasteiger partial charge in [-0.3, -0.25) is 0 Å². The smallest absolute Gasteiger partial charge is 0 e. The van der Waals surface area contributed by atoms with Crippen molar-refractivity contribution in [1.29, 1.82) is 0 Å². The number of hydrogen-bond acceptors (Lipinski definition) is 0. The normalized spacial score (nSPS) is 0. The van der Waals surface area contributed by atoms with E-state index in [2.05, 4.69) is 0 Å². The monoisotopic (exact) mass is 114 g/mol. The predicted octanol–water partition coefficient (Wildman–Crippen LogP) is -1.14. The van der Waals surface area contributed by atoms with Gasteiger partial charge in [0, 0.05) is 47.3 Å². The summed E-state index contributed by atoms with van der Waals surface area (Å²) < 4.78 is 0. The predicted molar refractivity (Wildman–Crippen MR) is 17.3 cm³/mol. The molecule has 0 aliphatic rings. The molecule has 0 atom stereocenters. The second-order valence-electron chi connectivity index (χ2n) is 0. The SMILES string of the molecule is [B].[B].[Si].[Zn]. The van der Waals surface area contributed by atoms with Gasteiger partial charge in [0.25, 0.3) is 0 Å². The third kappa shape index (κ3) is 12.2. The van der Waals surface area contributed by atoms with Crippen LogP contribution >= 0.6 is 0 Å². The van der Waals surface area contributed by atoms with Crippen LogP contribution in [0.5, 0.6) is 0 Å². The molecule has 10 radical (unpaired) electrons. The molecule has 0 aromatic rings. The van der Waals surface area contributed by atoms with Gasteiger partial charge >= 0.3 is 0 Å². The zero-order valence-electron chi connectivity index (χ0n) is 2.36. The Morgan fingerprint density at radius 3 is 0.750 bits per heavy atom. The van der Waals surface area contributed by atoms with Crippen molar-refractivity contribution in [2.45, 2.75) is 0 Å². The number of rotatable bonds is 0. The van der Waals surface area contributed by atoms with Crippen LogP contribution in [-0.2, 0) is 19.5 Å². The van der Waals surface area contributed by atoms with E-state index in [9.17, 15) is 0 Å². The summed E-state index contributed by atoms with van der Waals surface area (Å²) in [5.41, 5.74) is 0. The second kappa shape index (κ2) is 37.2. The summed E-state index contributed by atoms with van der Waals surface area (Å²) in [6.07, 6.45) is 0. The molecule has 0 aliphatic carbocycles. The molecular weight excluding hydrogens is 115 g/mol. The largest absolute Gasteiger partial charge is 0 e. The molecule has 4 heteroatoms. The van der Waals surface area contributed by atoms with E-state index < -0.39 is 0 Å². The van der Waals surface area contributed by atoms with Crippen LogP contribution in [0.1, 0.15) is 0 Å². The van der Waals surface area contributed by atoms with Crippen LogP contribution in [0.2, 0.25) is 0 Å². The molecular formula is B2SiZn. The Kier molecular flexibility index (Phi) is 774. The fraction of sp³-hybridized carbons (Fsp3) is 0. The summed E-state index contributed by atoms with van der Waals surface area (Å²) in [5.74, 6) is 0. The third-order valence-electron chi connectivity index (χ3n) is 0. The molecule has 0 bridgehead atoms. The maximum atomic E-state index is 0. The van der Waals surface area contributed by atoms with E-state index in [1.807, 2.05) is 0 Å². The first-order chi connectivity index (χ1) is 0. The molecule has 12 valence electrons. The van der Waals surface area contributed by atoms with E-state index in [0.717, 1.165) is 0 Å². The van der Waals surface area contributed by atoms with Crippen molar-refractivity contribution in [3.63, 3.8) is 0 Å². The molecule has 0 fully saturated rings. The van der Waals surface area contributed by atoms with Crippen LogP contribution in [0.15, 0.2) is 0 Å². The first-order valence-electron chi connectivity index (χ1n) is 0. The van der Waals surface area contributed by atoms with Gasteiger partial charge in [0.2, 0.25) is 0 Å². The molecule has 0 unspecified atom stereocenters. The molecule has 0 amide bonds. The van der Waals surface area contributed by atoms with E-state index in [4.69, 9.17) is 0 Å². The maximum Gasteiger partial charge on any atom is 0 e. The minimum atomic E-state index is 0. The molecule has 4 heavy (non-hydrogen) atoms. The van der Waals surface area contributed by atoms with Gasteiger partial charge in [0.1, 0.15) is 0 Å². The zero-order valence-corrected chi connectivity index (χ0v) is 6.33. The molecule has 0 heterocycles. The van der Waals surface area contributed by atoms with Gasteiger partial charge < -0.3 is 0 Å². The molecule has 0 saturated carbocycles. The molecule has 0 saturated heterocycles. The maximum absolute atomic E-state index is 0. The minimum absolute atomic E-state index is 0. The van der Waals surface area contributed by atoms with Gasteiger partial charge in [-0.25, -0.2) is 0 Å². The fourth-order valence-corrected chi connectivity index (χ4v) is 0. The summed E-state index contributed by atoms with van der Waals surface area (Å²) in [7, 11) is 0. The molecule has 0 aromatic carbocycles. The van der Waals surface area contributed by atoms with Crippen LogP contribution in [0.3, 0.4) is 0 Å². The van der Waals surface area contributed by atoms with Crippen molar-refractivity contribution >= 4 is 27.8 Å². The first-order valence-corrected chi connectivity index (χ1v) is 0. The summed E-state index contributed by atoms with van der Waals surface area (Å²) in [6.45, 7) is 0. The van der Waals surface area contributed by atoms with Gasteiger partial charge in [-0.05, 0) is 0 Å². The Balaban J connectivity index is 0. The van der Waals surface area contributed by atoms with Crippen LogP contribution in [0.4, 0.5) is 0 Å². The third-order valence-corrected chi connectivity index (χ3v) is 0. The van der Waals surface area contributed by atoms with Crippen LogP contribution in [0, 0.1) is 0 Å². The summed E-state index contributed by atoms with van der Waals surface area (Å²) >= 11 is 0. The molecule has 0 spiro atoms. The summed E-state index contributed by atoms with van der Waals surface area (Å²) in [5, 5.41) is 0. The van der Waals surface area contributed by atoms with Crippen molar-refractivity contribution in [1.82, 2.24) is 0 Å². The van der Waals surface area contributed by atoms with E-state index in [1.165, 1.54) is 0 Å². The fourth-order valence-electron chi connectivity index (χ4n) is 0. The van der Waals surface area contributed by atoms with Crippen molar-refractivity contribution in [3.05, 3.63) is 0 Å². The van der Waals surface area contributed by atoms with E-state index in [1.54, 1.807) is 0 Å². The second-order valence-corrected chi connectivity index (χ2v) is 0. The summed E-state index contributed by atoms with van der Waals surface area (Å²) in [4.78, 5) is 0. The number of hydrogen-bond donors (Lipinski definition) is 0. The van der Waals surface area contributed by atoms with Crippen molar-refractivity contribution < 1.29 is 19.5 Å². The van der Waals surface area contributed by atoms with Gasteiger partial charge in [-0.1, -0.05) is 0 Å². The molecule has 0 nitrogen and oxygen atoms in total. The van der Waals surface area contributed by atoms with Crippen molar-refractivity contribution in [2.75, 3.05) is 0 Å². The first kappa shape index (κ1) is 83.2. The van der Waals surface area contributed by atoms with E-state index in [0.29, 0.717) is 0 Å². The average molecular weight is 115 g/mol. The quantitative estimate of drug-likeness (QED) is 0.350. The van der Waals surface area contributed by atoms with Crippen molar-refractivity contribution in [3.8, 4) is 0 Å². The van der Waals surface area contributed by atoms with Crippen LogP contribution < -0.4 is 0 Å². The Morgan fingerprint density at radius 1 is 0.750 bits per heavy atom. The standard InChI is InChI=1S/2B.Si.Zn. The van der Waals surface area contributed by atoms with E-state index in [-0.39, 0.29) is 47.3 Å². The topological polar surface area (TPSA) is 0 Å². The zero-order chi connectivity index (χ0) is 0. The van der Waals surface area contributed by atoms with Crippen LogP contribution in [0.25, 0.3) is 0 Å². The minimum Gasteiger partial charge on any atom is 0 e. The Bertz CT molecular complexity index is 6.00. The summed E-state index contributed by atoms with van der Waals surface area (Å²) in [6, 6.07) is 0. The van der Waals surface area contributed by atoms with Gasteiger partial charge in [0.15, 0.2) is 0 Å². The van der Waals surface area contributed by atoms with Gasteiger partial charge in [0.05, 0.1) is 0 Å². The van der Waals surface area contributed by atoms with Gasteiger partial charge in [-0.2, -0.15) is 0 Å². The van der Waals surface area contributed by atoms with Crippen LogP contribution in [-0.4, -0.2) is 27.8 Å². The van der Waals surface area contributed by atoms with Gasteiger partial charge in [-0.15, -0.1) is 0 Å². The molecule has 0 aromatic heterocycles. The Hall–Kier alpha value is 0.970. The Morgan fingerprint density at radius 2 is 0.750 bits per heavy atom. The van der Waals surface area contributed by atoms with Crippen molar-refractivity contribution in [2.24, 2.45) is 0 Å². The Labute approximate surface area is 47.7 Å². The molecule has 0 N–H and O–H groups in total. The molecule has 0 rings (SSSR count). The average Bonchev–Trinajstić information content (AvgIpc) is 0.